The first-order valence-electron chi connectivity index (χ1n) is 5.86. The maximum atomic E-state index is 13.1. The molecule has 0 spiro atoms. The van der Waals surface area contributed by atoms with Gasteiger partial charge in [0.2, 0.25) is 0 Å². The van der Waals surface area contributed by atoms with Crippen molar-refractivity contribution >= 4 is 15.9 Å². The van der Waals surface area contributed by atoms with E-state index in [1.165, 1.54) is 6.07 Å². The summed E-state index contributed by atoms with van der Waals surface area (Å²) >= 11 is 3.20. The number of halogens is 2. The monoisotopic (exact) mass is 303 g/mol. The van der Waals surface area contributed by atoms with Gasteiger partial charge < -0.3 is 10.1 Å². The third-order valence-electron chi connectivity index (χ3n) is 2.69. The minimum Gasteiger partial charge on any atom is -0.382 e. The Morgan fingerprint density at radius 1 is 1.47 bits per heavy atom. The van der Waals surface area contributed by atoms with Crippen molar-refractivity contribution in [2.75, 3.05) is 20.3 Å². The van der Waals surface area contributed by atoms with Crippen molar-refractivity contribution in [2.45, 2.75) is 25.8 Å². The van der Waals surface area contributed by atoms with Crippen LogP contribution < -0.4 is 5.32 Å². The van der Waals surface area contributed by atoms with Gasteiger partial charge in [0, 0.05) is 19.3 Å². The molecule has 1 unspecified atom stereocenters. The van der Waals surface area contributed by atoms with Crippen molar-refractivity contribution in [3.8, 4) is 0 Å². The number of likely N-dealkylation sites (N-methyl/N-ethyl adjacent to an activating group) is 1. The van der Waals surface area contributed by atoms with Crippen LogP contribution in [0.25, 0.3) is 0 Å². The van der Waals surface area contributed by atoms with E-state index in [1.807, 2.05) is 26.1 Å². The molecular formula is C13H19BrFNO. The molecule has 2 nitrogen and oxygen atoms in total. The molecule has 1 atom stereocenters. The van der Waals surface area contributed by atoms with Gasteiger partial charge in [-0.2, -0.15) is 0 Å². The summed E-state index contributed by atoms with van der Waals surface area (Å²) in [6.07, 6.45) is 1.84. The molecule has 1 N–H and O–H groups in total. The number of benzene rings is 1. The van der Waals surface area contributed by atoms with Crippen molar-refractivity contribution in [3.63, 3.8) is 0 Å². The van der Waals surface area contributed by atoms with Gasteiger partial charge in [-0.15, -0.1) is 0 Å². The zero-order valence-corrected chi connectivity index (χ0v) is 11.9. The molecule has 0 heterocycles. The third-order valence-corrected chi connectivity index (χ3v) is 3.30. The molecule has 1 aromatic rings. The van der Waals surface area contributed by atoms with E-state index < -0.39 is 0 Å². The van der Waals surface area contributed by atoms with Gasteiger partial charge in [0.15, 0.2) is 0 Å². The molecule has 1 aromatic carbocycles. The van der Waals surface area contributed by atoms with Gasteiger partial charge >= 0.3 is 0 Å². The number of hydrogen-bond donors (Lipinski definition) is 1. The Balaban J connectivity index is 2.51. The topological polar surface area (TPSA) is 21.3 Å². The summed E-state index contributed by atoms with van der Waals surface area (Å²) in [6.45, 7) is 3.49. The lowest BCUT2D eigenvalue weighted by atomic mass is 10.0. The average molecular weight is 304 g/mol. The molecule has 0 aliphatic carbocycles. The van der Waals surface area contributed by atoms with Crippen LogP contribution in [0.4, 0.5) is 4.39 Å². The molecule has 0 aliphatic rings. The van der Waals surface area contributed by atoms with Crippen molar-refractivity contribution in [1.29, 1.82) is 0 Å². The molecule has 0 saturated heterocycles. The summed E-state index contributed by atoms with van der Waals surface area (Å²) in [6, 6.07) is 5.51. The van der Waals surface area contributed by atoms with Crippen molar-refractivity contribution in [3.05, 3.63) is 34.1 Å². The molecule has 0 aliphatic heterocycles. The van der Waals surface area contributed by atoms with Crippen LogP contribution in [0.3, 0.4) is 0 Å². The minimum absolute atomic E-state index is 0.218. The van der Waals surface area contributed by atoms with Crippen molar-refractivity contribution < 1.29 is 9.13 Å². The predicted octanol–water partition coefficient (Wildman–Crippen LogP) is 3.15. The molecule has 0 fully saturated rings. The highest BCUT2D eigenvalue weighted by molar-refractivity contribution is 9.10. The Morgan fingerprint density at radius 2 is 2.24 bits per heavy atom. The molecule has 96 valence electrons. The maximum Gasteiger partial charge on any atom is 0.137 e. The molecule has 0 saturated carbocycles. The van der Waals surface area contributed by atoms with E-state index in [0.29, 0.717) is 10.5 Å². The number of hydrogen-bond acceptors (Lipinski definition) is 2. The zero-order chi connectivity index (χ0) is 12.7. The van der Waals surface area contributed by atoms with Crippen molar-refractivity contribution in [2.24, 2.45) is 0 Å². The first-order valence-corrected chi connectivity index (χ1v) is 6.65. The van der Waals surface area contributed by atoms with Crippen LogP contribution in [0, 0.1) is 5.82 Å². The minimum atomic E-state index is -0.218. The standard InChI is InChI=1S/C13H19BrFNO/c1-3-17-7-6-11(16-2)8-10-4-5-13(15)12(14)9-10/h4-5,9,11,16H,3,6-8H2,1-2H3. The second-order valence-electron chi connectivity index (χ2n) is 3.92. The zero-order valence-electron chi connectivity index (χ0n) is 10.3. The quantitative estimate of drug-likeness (QED) is 0.781. The van der Waals surface area contributed by atoms with E-state index >= 15 is 0 Å². The SMILES string of the molecule is CCOCCC(Cc1ccc(F)c(Br)c1)NC. The maximum absolute atomic E-state index is 13.1. The normalized spacial score (nSPS) is 12.7. The Morgan fingerprint density at radius 3 is 2.82 bits per heavy atom. The Hall–Kier alpha value is -0.450. The molecule has 0 aromatic heterocycles. The lowest BCUT2D eigenvalue weighted by Gasteiger charge is -2.16. The largest absolute Gasteiger partial charge is 0.382 e. The van der Waals surface area contributed by atoms with E-state index in [9.17, 15) is 4.39 Å². The van der Waals surface area contributed by atoms with Crippen molar-refractivity contribution in [1.82, 2.24) is 5.32 Å². The highest BCUT2D eigenvalue weighted by atomic mass is 79.9. The molecule has 4 heteroatoms. The van der Waals surface area contributed by atoms with E-state index in [2.05, 4.69) is 21.2 Å². The lowest BCUT2D eigenvalue weighted by Crippen LogP contribution is -2.29. The Labute approximate surface area is 111 Å². The number of nitrogens with one attached hydrogen (secondary N) is 1. The summed E-state index contributed by atoms with van der Waals surface area (Å²) in [7, 11) is 1.94. The molecule has 0 radical (unpaired) electrons. The summed E-state index contributed by atoms with van der Waals surface area (Å²) < 4.78 is 18.9. The van der Waals surface area contributed by atoms with Crippen LogP contribution in [-0.4, -0.2) is 26.3 Å². The second kappa shape index (κ2) is 7.80. The molecule has 17 heavy (non-hydrogen) atoms. The van der Waals surface area contributed by atoms with Gasteiger partial charge in [-0.1, -0.05) is 6.07 Å². The summed E-state index contributed by atoms with van der Waals surface area (Å²) in [4.78, 5) is 0. The average Bonchev–Trinajstić information content (AvgIpc) is 2.32. The molecular weight excluding hydrogens is 285 g/mol. The fourth-order valence-corrected chi connectivity index (χ4v) is 2.10. The molecule has 0 amide bonds. The highest BCUT2D eigenvalue weighted by Crippen LogP contribution is 2.18. The lowest BCUT2D eigenvalue weighted by molar-refractivity contribution is 0.137. The smallest absolute Gasteiger partial charge is 0.137 e. The van der Waals surface area contributed by atoms with E-state index in [-0.39, 0.29) is 5.82 Å². The van der Waals surface area contributed by atoms with Gasteiger partial charge in [0.1, 0.15) is 5.82 Å². The number of rotatable bonds is 7. The molecule has 1 rings (SSSR count). The van der Waals surface area contributed by atoms with Crippen LogP contribution in [0.5, 0.6) is 0 Å². The predicted molar refractivity (Wildman–Crippen MR) is 71.8 cm³/mol. The highest BCUT2D eigenvalue weighted by Gasteiger charge is 2.08. The first kappa shape index (κ1) is 14.6. The van der Waals surface area contributed by atoms with Crippen LogP contribution in [-0.2, 0) is 11.2 Å². The molecule has 0 bridgehead atoms. The van der Waals surface area contributed by atoms with Crippen LogP contribution in [0.15, 0.2) is 22.7 Å². The van der Waals surface area contributed by atoms with Crippen LogP contribution >= 0.6 is 15.9 Å². The van der Waals surface area contributed by atoms with Gasteiger partial charge in [-0.25, -0.2) is 4.39 Å². The second-order valence-corrected chi connectivity index (χ2v) is 4.78. The summed E-state index contributed by atoms with van der Waals surface area (Å²) in [5.74, 6) is -0.218. The fourth-order valence-electron chi connectivity index (χ4n) is 1.67. The van der Waals surface area contributed by atoms with Gasteiger partial charge in [-0.3, -0.25) is 0 Å². The van der Waals surface area contributed by atoms with Crippen LogP contribution in [0.2, 0.25) is 0 Å². The summed E-state index contributed by atoms with van der Waals surface area (Å²) in [5, 5.41) is 3.25. The first-order chi connectivity index (χ1) is 8.17. The Kier molecular flexibility index (Phi) is 6.70. The number of ether oxygens (including phenoxy) is 1. The van der Waals surface area contributed by atoms with Crippen LogP contribution in [0.1, 0.15) is 18.9 Å². The van der Waals surface area contributed by atoms with E-state index in [1.54, 1.807) is 0 Å². The van der Waals surface area contributed by atoms with Gasteiger partial charge in [0.25, 0.3) is 0 Å². The van der Waals surface area contributed by atoms with Gasteiger partial charge in [-0.05, 0) is 60.4 Å². The van der Waals surface area contributed by atoms with E-state index in [0.717, 1.165) is 31.6 Å². The van der Waals surface area contributed by atoms with Gasteiger partial charge in [0.05, 0.1) is 4.47 Å². The van der Waals surface area contributed by atoms with E-state index in [4.69, 9.17) is 4.74 Å². The fraction of sp³-hybridized carbons (Fsp3) is 0.538. The third kappa shape index (κ3) is 5.15. The summed E-state index contributed by atoms with van der Waals surface area (Å²) in [5.41, 5.74) is 1.12. The Bertz CT molecular complexity index is 346.